The third-order valence-corrected chi connectivity index (χ3v) is 4.38. The maximum Gasteiger partial charge on any atom is 0.230 e. The first-order chi connectivity index (χ1) is 13.1. The zero-order valence-electron chi connectivity index (χ0n) is 15.9. The van der Waals surface area contributed by atoms with Crippen LogP contribution in [0.4, 0.5) is 0 Å². The van der Waals surface area contributed by atoms with Crippen LogP contribution in [0, 0.1) is 13.8 Å². The van der Waals surface area contributed by atoms with Gasteiger partial charge in [-0.25, -0.2) is 4.98 Å². The van der Waals surface area contributed by atoms with E-state index < -0.39 is 0 Å². The number of nitrogens with zero attached hydrogens (tertiary/aromatic N) is 1. The Bertz CT molecular complexity index is 931. The monoisotopic (exact) mass is 364 g/mol. The van der Waals surface area contributed by atoms with E-state index in [4.69, 9.17) is 9.15 Å². The normalized spacial score (nSPS) is 10.6. The summed E-state index contributed by atoms with van der Waals surface area (Å²) < 4.78 is 11.1. The van der Waals surface area contributed by atoms with E-state index in [1.165, 1.54) is 11.1 Å². The van der Waals surface area contributed by atoms with Crippen molar-refractivity contribution in [2.75, 3.05) is 13.7 Å². The van der Waals surface area contributed by atoms with Gasteiger partial charge in [-0.05, 0) is 38.0 Å². The van der Waals surface area contributed by atoms with Crippen molar-refractivity contribution in [3.05, 3.63) is 71.1 Å². The third-order valence-electron chi connectivity index (χ3n) is 4.38. The Morgan fingerprint density at radius 1 is 1.15 bits per heavy atom. The largest absolute Gasteiger partial charge is 0.496 e. The van der Waals surface area contributed by atoms with Crippen LogP contribution in [0.2, 0.25) is 0 Å². The number of amides is 1. The van der Waals surface area contributed by atoms with Crippen molar-refractivity contribution in [2.24, 2.45) is 0 Å². The molecule has 0 aliphatic rings. The number of methoxy groups -OCH3 is 1. The molecule has 0 radical (unpaired) electrons. The lowest BCUT2D eigenvalue weighted by atomic mass is 10.1. The summed E-state index contributed by atoms with van der Waals surface area (Å²) in [6, 6.07) is 15.8. The first kappa shape index (κ1) is 18.7. The van der Waals surface area contributed by atoms with Crippen LogP contribution in [0.1, 0.15) is 22.6 Å². The molecule has 0 spiro atoms. The number of benzene rings is 2. The summed E-state index contributed by atoms with van der Waals surface area (Å²) in [5.41, 5.74) is 3.85. The molecule has 0 saturated heterocycles. The van der Waals surface area contributed by atoms with E-state index in [0.717, 1.165) is 12.0 Å². The molecule has 0 unspecified atom stereocenters. The standard InChI is InChI=1S/C22H24N2O3/c1-15-7-6-8-17(13-15)11-12-23-21(25)14-19-16(2)27-22(24-19)18-9-4-5-10-20(18)26-3/h4-10,13H,11-12,14H2,1-3H3,(H,23,25). The fourth-order valence-corrected chi connectivity index (χ4v) is 2.96. The highest BCUT2D eigenvalue weighted by molar-refractivity contribution is 5.78. The van der Waals surface area contributed by atoms with Crippen LogP contribution in [-0.2, 0) is 17.6 Å². The molecule has 5 nitrogen and oxygen atoms in total. The number of para-hydroxylation sites is 1. The average Bonchev–Trinajstić information content (AvgIpc) is 3.02. The van der Waals surface area contributed by atoms with Crippen LogP contribution in [0.25, 0.3) is 11.5 Å². The van der Waals surface area contributed by atoms with Gasteiger partial charge in [-0.2, -0.15) is 0 Å². The SMILES string of the molecule is COc1ccccc1-c1nc(CC(=O)NCCc2cccc(C)c2)c(C)o1. The molecule has 27 heavy (non-hydrogen) atoms. The first-order valence-corrected chi connectivity index (χ1v) is 8.98. The van der Waals surface area contributed by atoms with Crippen LogP contribution >= 0.6 is 0 Å². The molecule has 1 amide bonds. The number of hydrogen-bond acceptors (Lipinski definition) is 4. The predicted octanol–water partition coefficient (Wildman–Crippen LogP) is 3.87. The van der Waals surface area contributed by atoms with E-state index in [9.17, 15) is 4.79 Å². The number of ether oxygens (including phenoxy) is 1. The van der Waals surface area contributed by atoms with Gasteiger partial charge in [-0.1, -0.05) is 42.0 Å². The van der Waals surface area contributed by atoms with E-state index in [1.807, 2.05) is 37.3 Å². The molecule has 0 saturated carbocycles. The fraction of sp³-hybridized carbons (Fsp3) is 0.273. The van der Waals surface area contributed by atoms with Gasteiger partial charge in [0, 0.05) is 6.54 Å². The van der Waals surface area contributed by atoms with Crippen LogP contribution in [-0.4, -0.2) is 24.5 Å². The zero-order valence-corrected chi connectivity index (χ0v) is 15.9. The Hall–Kier alpha value is -3.08. The van der Waals surface area contributed by atoms with Crippen molar-refractivity contribution in [1.82, 2.24) is 10.3 Å². The molecule has 2 aromatic carbocycles. The molecule has 0 atom stereocenters. The van der Waals surface area contributed by atoms with E-state index >= 15 is 0 Å². The number of carbonyl (C=O) groups is 1. The second-order valence-corrected chi connectivity index (χ2v) is 6.49. The minimum atomic E-state index is -0.0642. The van der Waals surface area contributed by atoms with Gasteiger partial charge in [0.05, 0.1) is 24.8 Å². The number of rotatable bonds is 7. The molecular weight excluding hydrogens is 340 g/mol. The van der Waals surface area contributed by atoms with Gasteiger partial charge in [0.1, 0.15) is 11.5 Å². The predicted molar refractivity (Wildman–Crippen MR) is 105 cm³/mol. The first-order valence-electron chi connectivity index (χ1n) is 8.98. The minimum Gasteiger partial charge on any atom is -0.496 e. The molecule has 0 aliphatic heterocycles. The van der Waals surface area contributed by atoms with Gasteiger partial charge < -0.3 is 14.5 Å². The van der Waals surface area contributed by atoms with E-state index in [-0.39, 0.29) is 12.3 Å². The molecule has 1 N–H and O–H groups in total. The molecule has 3 rings (SSSR count). The Labute approximate surface area is 159 Å². The van der Waals surface area contributed by atoms with Gasteiger partial charge in [0.2, 0.25) is 11.8 Å². The maximum absolute atomic E-state index is 12.3. The molecule has 5 heteroatoms. The molecule has 140 valence electrons. The molecule has 0 fully saturated rings. The van der Waals surface area contributed by atoms with E-state index in [1.54, 1.807) is 7.11 Å². The topological polar surface area (TPSA) is 64.4 Å². The Kier molecular flexibility index (Phi) is 5.91. The summed E-state index contributed by atoms with van der Waals surface area (Å²) in [6.45, 7) is 4.48. The van der Waals surface area contributed by atoms with E-state index in [0.29, 0.717) is 29.6 Å². The summed E-state index contributed by atoms with van der Waals surface area (Å²) >= 11 is 0. The lowest BCUT2D eigenvalue weighted by molar-refractivity contribution is -0.120. The summed E-state index contributed by atoms with van der Waals surface area (Å²) in [4.78, 5) is 16.8. The lowest BCUT2D eigenvalue weighted by Crippen LogP contribution is -2.27. The Morgan fingerprint density at radius 2 is 1.96 bits per heavy atom. The summed E-state index contributed by atoms with van der Waals surface area (Å²) in [5.74, 6) is 1.73. The molecule has 1 aromatic heterocycles. The third kappa shape index (κ3) is 4.76. The van der Waals surface area contributed by atoms with Crippen molar-refractivity contribution in [3.63, 3.8) is 0 Å². The smallest absolute Gasteiger partial charge is 0.230 e. The Balaban J connectivity index is 1.60. The number of aromatic nitrogens is 1. The number of carbonyl (C=O) groups excluding carboxylic acids is 1. The van der Waals surface area contributed by atoms with Crippen LogP contribution < -0.4 is 10.1 Å². The molecule has 1 heterocycles. The molecule has 0 aliphatic carbocycles. The number of oxazole rings is 1. The number of nitrogens with one attached hydrogen (secondary N) is 1. The second kappa shape index (κ2) is 8.54. The highest BCUT2D eigenvalue weighted by Gasteiger charge is 2.17. The molecular formula is C22H24N2O3. The Morgan fingerprint density at radius 3 is 2.74 bits per heavy atom. The van der Waals surface area contributed by atoms with Crippen molar-refractivity contribution < 1.29 is 13.9 Å². The lowest BCUT2D eigenvalue weighted by Gasteiger charge is -2.05. The van der Waals surface area contributed by atoms with Gasteiger partial charge in [-0.3, -0.25) is 4.79 Å². The summed E-state index contributed by atoms with van der Waals surface area (Å²) in [6.07, 6.45) is 0.996. The quantitative estimate of drug-likeness (QED) is 0.691. The van der Waals surface area contributed by atoms with Crippen molar-refractivity contribution in [3.8, 4) is 17.2 Å². The average molecular weight is 364 g/mol. The second-order valence-electron chi connectivity index (χ2n) is 6.49. The fourth-order valence-electron chi connectivity index (χ4n) is 2.96. The van der Waals surface area contributed by atoms with Crippen LogP contribution in [0.15, 0.2) is 52.9 Å². The van der Waals surface area contributed by atoms with Gasteiger partial charge >= 0.3 is 0 Å². The summed E-state index contributed by atoms with van der Waals surface area (Å²) in [5, 5.41) is 2.95. The number of aryl methyl sites for hydroxylation is 2. The van der Waals surface area contributed by atoms with Crippen LogP contribution in [0.5, 0.6) is 5.75 Å². The highest BCUT2D eigenvalue weighted by Crippen LogP contribution is 2.30. The zero-order chi connectivity index (χ0) is 19.2. The summed E-state index contributed by atoms with van der Waals surface area (Å²) in [7, 11) is 1.61. The minimum absolute atomic E-state index is 0.0642. The van der Waals surface area contributed by atoms with Gasteiger partial charge in [0.25, 0.3) is 0 Å². The molecule has 0 bridgehead atoms. The van der Waals surface area contributed by atoms with Gasteiger partial charge in [-0.15, -0.1) is 0 Å². The van der Waals surface area contributed by atoms with Crippen molar-refractivity contribution in [1.29, 1.82) is 0 Å². The van der Waals surface area contributed by atoms with E-state index in [2.05, 4.69) is 35.4 Å². The van der Waals surface area contributed by atoms with Crippen LogP contribution in [0.3, 0.4) is 0 Å². The van der Waals surface area contributed by atoms with Crippen molar-refractivity contribution in [2.45, 2.75) is 26.7 Å². The molecule has 3 aromatic rings. The van der Waals surface area contributed by atoms with Crippen molar-refractivity contribution >= 4 is 5.91 Å². The van der Waals surface area contributed by atoms with Gasteiger partial charge in [0.15, 0.2) is 0 Å². The number of hydrogen-bond donors (Lipinski definition) is 1. The highest BCUT2D eigenvalue weighted by atomic mass is 16.5. The maximum atomic E-state index is 12.3.